The van der Waals surface area contributed by atoms with Crippen molar-refractivity contribution < 1.29 is 14.7 Å². The Kier molecular flexibility index (Phi) is 7.59. The van der Waals surface area contributed by atoms with Crippen LogP contribution >= 0.6 is 11.3 Å². The summed E-state index contributed by atoms with van der Waals surface area (Å²) in [6, 6.07) is 5.91. The summed E-state index contributed by atoms with van der Waals surface area (Å²) in [5.74, 6) is -0.832. The molecule has 3 rings (SSSR count). The molecule has 0 aliphatic rings. The highest BCUT2D eigenvalue weighted by molar-refractivity contribution is 7.07. The van der Waals surface area contributed by atoms with Gasteiger partial charge in [-0.1, -0.05) is 34.1 Å². The number of fused-ring (bicyclic) bond motifs is 1. The number of hydrogen-bond acceptors (Lipinski definition) is 5. The fraction of sp³-hybridized carbons (Fsp3) is 0.500. The molecule has 0 aliphatic carbocycles. The average Bonchev–Trinajstić information content (AvgIpc) is 3.40. The minimum atomic E-state index is -0.910. The van der Waals surface area contributed by atoms with Gasteiger partial charge in [-0.05, 0) is 37.0 Å². The van der Waals surface area contributed by atoms with E-state index in [1.54, 1.807) is 11.3 Å². The van der Waals surface area contributed by atoms with E-state index in [9.17, 15) is 14.7 Å². The number of aromatic nitrogens is 3. The molecule has 0 saturated heterocycles. The molecule has 3 aromatic rings. The van der Waals surface area contributed by atoms with Crippen LogP contribution in [0.5, 0.6) is 0 Å². The van der Waals surface area contributed by atoms with Crippen molar-refractivity contribution in [2.45, 2.75) is 65.8 Å². The van der Waals surface area contributed by atoms with Crippen LogP contribution in [-0.2, 0) is 11.2 Å². The summed E-state index contributed by atoms with van der Waals surface area (Å²) in [5, 5.41) is 11.6. The number of Topliss-reactive ketones (excluding diaryl/α,β-unsaturated/α-hetero) is 1. The van der Waals surface area contributed by atoms with Crippen molar-refractivity contribution in [3.63, 3.8) is 0 Å². The fourth-order valence-electron chi connectivity index (χ4n) is 4.13. The topological polar surface area (TPSA) is 85.1 Å². The highest BCUT2D eigenvalue weighted by atomic mass is 32.1. The predicted octanol–water partition coefficient (Wildman–Crippen LogP) is 5.76. The summed E-state index contributed by atoms with van der Waals surface area (Å²) < 4.78 is 2.28. The van der Waals surface area contributed by atoms with Gasteiger partial charge >= 0.3 is 5.97 Å². The zero-order valence-electron chi connectivity index (χ0n) is 18.7. The molecule has 7 heteroatoms. The molecule has 0 radical (unpaired) electrons. The fourth-order valence-corrected chi connectivity index (χ4v) is 4.69. The van der Waals surface area contributed by atoms with Crippen LogP contribution in [-0.4, -0.2) is 31.4 Å². The molecule has 1 aromatic carbocycles. The molecular weight excluding hydrogens is 410 g/mol. The first-order valence-electron chi connectivity index (χ1n) is 11.0. The number of carboxylic acids is 1. The van der Waals surface area contributed by atoms with Gasteiger partial charge in [0.1, 0.15) is 5.82 Å². The Morgan fingerprint density at radius 3 is 2.48 bits per heavy atom. The number of thiazole rings is 1. The van der Waals surface area contributed by atoms with Crippen molar-refractivity contribution in [2.24, 2.45) is 11.8 Å². The molecule has 0 amide bonds. The van der Waals surface area contributed by atoms with E-state index < -0.39 is 11.9 Å². The van der Waals surface area contributed by atoms with Crippen molar-refractivity contribution in [3.05, 3.63) is 46.2 Å². The third kappa shape index (κ3) is 5.03. The van der Waals surface area contributed by atoms with Crippen LogP contribution in [0.2, 0.25) is 0 Å². The highest BCUT2D eigenvalue weighted by Crippen LogP contribution is 2.29. The van der Waals surface area contributed by atoms with Crippen molar-refractivity contribution in [3.8, 4) is 0 Å². The molecule has 166 valence electrons. The first-order valence-corrected chi connectivity index (χ1v) is 12.0. The van der Waals surface area contributed by atoms with Gasteiger partial charge in [0.15, 0.2) is 5.78 Å². The van der Waals surface area contributed by atoms with E-state index in [0.717, 1.165) is 41.8 Å². The van der Waals surface area contributed by atoms with Gasteiger partial charge in [-0.25, -0.2) is 9.97 Å². The summed E-state index contributed by atoms with van der Waals surface area (Å²) in [6.45, 7) is 8.18. The van der Waals surface area contributed by atoms with E-state index in [2.05, 4.69) is 23.4 Å². The number of rotatable bonds is 11. The van der Waals surface area contributed by atoms with Gasteiger partial charge in [0.2, 0.25) is 0 Å². The largest absolute Gasteiger partial charge is 0.481 e. The first kappa shape index (κ1) is 23.1. The Balaban J connectivity index is 1.98. The number of hydrogen-bond donors (Lipinski definition) is 1. The van der Waals surface area contributed by atoms with Crippen LogP contribution in [0.1, 0.15) is 81.3 Å². The molecule has 2 heterocycles. The van der Waals surface area contributed by atoms with Crippen LogP contribution in [0.3, 0.4) is 0 Å². The highest BCUT2D eigenvalue weighted by Gasteiger charge is 2.27. The predicted molar refractivity (Wildman–Crippen MR) is 124 cm³/mol. The normalized spacial score (nSPS) is 13.6. The number of aliphatic carboxylic acids is 1. The molecule has 2 aromatic heterocycles. The van der Waals surface area contributed by atoms with Crippen molar-refractivity contribution in [2.75, 3.05) is 0 Å². The zero-order chi connectivity index (χ0) is 22.5. The Labute approximate surface area is 187 Å². The smallest absolute Gasteiger partial charge is 0.307 e. The molecule has 0 saturated carbocycles. The molecule has 31 heavy (non-hydrogen) atoms. The Morgan fingerprint density at radius 2 is 1.90 bits per heavy atom. The van der Waals surface area contributed by atoms with Crippen LogP contribution < -0.4 is 0 Å². The molecule has 1 N–H and O–H groups in total. The maximum atomic E-state index is 12.9. The van der Waals surface area contributed by atoms with Gasteiger partial charge in [-0.3, -0.25) is 9.59 Å². The number of benzene rings is 1. The number of carbonyl (C=O) groups is 2. The maximum Gasteiger partial charge on any atom is 0.307 e. The zero-order valence-corrected chi connectivity index (χ0v) is 19.5. The third-order valence-corrected chi connectivity index (χ3v) is 6.90. The van der Waals surface area contributed by atoms with Crippen LogP contribution in [0.4, 0.5) is 0 Å². The summed E-state index contributed by atoms with van der Waals surface area (Å²) >= 11 is 1.57. The quantitative estimate of drug-likeness (QED) is 0.382. The molecule has 0 aliphatic heterocycles. The van der Waals surface area contributed by atoms with E-state index in [1.807, 2.05) is 42.9 Å². The maximum absolute atomic E-state index is 12.9. The van der Waals surface area contributed by atoms with Gasteiger partial charge in [0, 0.05) is 29.8 Å². The van der Waals surface area contributed by atoms with Gasteiger partial charge < -0.3 is 9.67 Å². The van der Waals surface area contributed by atoms with Crippen molar-refractivity contribution in [1.29, 1.82) is 0 Å². The van der Waals surface area contributed by atoms with E-state index in [-0.39, 0.29) is 18.1 Å². The number of carboxylic acid groups (broad SMARTS) is 1. The molecule has 0 unspecified atom stereocenters. The number of ketones is 1. The standard InChI is InChI=1S/C24H31N3O3S/c1-5-15(4)19(24(29)30)12-22(28)16-8-9-21-20(10-16)26-23(11-17-13-31-14-25-17)27(21)18(6-2)7-3/h8-10,13-15,18-19H,5-7,11-12H2,1-4H3,(H,29,30)/t15-,19-/m0/s1. The molecule has 0 bridgehead atoms. The van der Waals surface area contributed by atoms with Gasteiger partial charge in [-0.15, -0.1) is 11.3 Å². The second kappa shape index (κ2) is 10.2. The van der Waals surface area contributed by atoms with E-state index in [0.29, 0.717) is 18.0 Å². The molecule has 6 nitrogen and oxygen atoms in total. The minimum absolute atomic E-state index is 0.00871. The minimum Gasteiger partial charge on any atom is -0.481 e. The van der Waals surface area contributed by atoms with Crippen molar-refractivity contribution >= 4 is 34.1 Å². The Hall–Kier alpha value is -2.54. The lowest BCUT2D eigenvalue weighted by Gasteiger charge is -2.19. The Morgan fingerprint density at radius 1 is 1.16 bits per heavy atom. The molecule has 0 fully saturated rings. The number of imidazole rings is 1. The summed E-state index contributed by atoms with van der Waals surface area (Å²) in [5.41, 5.74) is 5.12. The second-order valence-corrected chi connectivity index (χ2v) is 8.90. The summed E-state index contributed by atoms with van der Waals surface area (Å²) in [6.07, 6.45) is 3.36. The van der Waals surface area contributed by atoms with Gasteiger partial charge in [0.05, 0.1) is 28.2 Å². The monoisotopic (exact) mass is 441 g/mol. The first-order chi connectivity index (χ1) is 14.9. The van der Waals surface area contributed by atoms with E-state index in [1.165, 1.54) is 0 Å². The van der Waals surface area contributed by atoms with Crippen LogP contribution in [0.25, 0.3) is 11.0 Å². The lowest BCUT2D eigenvalue weighted by Crippen LogP contribution is -2.24. The van der Waals surface area contributed by atoms with Gasteiger partial charge in [-0.2, -0.15) is 0 Å². The Bertz CT molecular complexity index is 1040. The lowest BCUT2D eigenvalue weighted by atomic mass is 9.86. The molecule has 0 spiro atoms. The average molecular weight is 442 g/mol. The summed E-state index contributed by atoms with van der Waals surface area (Å²) in [4.78, 5) is 33.8. The second-order valence-electron chi connectivity index (χ2n) is 8.19. The molecular formula is C24H31N3O3S. The SMILES string of the molecule is CCC(CC)n1c(Cc2cscn2)nc2cc(C(=O)C[C@H](C(=O)O)[C@@H](C)CC)ccc21. The number of nitrogens with zero attached hydrogens (tertiary/aromatic N) is 3. The van der Waals surface area contributed by atoms with Crippen molar-refractivity contribution in [1.82, 2.24) is 14.5 Å². The summed E-state index contributed by atoms with van der Waals surface area (Å²) in [7, 11) is 0. The molecule has 2 atom stereocenters. The third-order valence-electron chi connectivity index (χ3n) is 6.27. The van der Waals surface area contributed by atoms with Crippen LogP contribution in [0.15, 0.2) is 29.1 Å². The number of carbonyl (C=O) groups excluding carboxylic acids is 1. The van der Waals surface area contributed by atoms with E-state index in [4.69, 9.17) is 4.98 Å². The van der Waals surface area contributed by atoms with Crippen LogP contribution in [0, 0.1) is 11.8 Å². The van der Waals surface area contributed by atoms with E-state index >= 15 is 0 Å². The van der Waals surface area contributed by atoms with Gasteiger partial charge in [0.25, 0.3) is 0 Å². The lowest BCUT2D eigenvalue weighted by molar-refractivity contribution is -0.143.